The van der Waals surface area contributed by atoms with Crippen LogP contribution in [-0.4, -0.2) is 46.2 Å². The lowest BCUT2D eigenvalue weighted by Gasteiger charge is -2.22. The van der Waals surface area contributed by atoms with E-state index in [1.807, 2.05) is 0 Å². The van der Waals surface area contributed by atoms with Crippen LogP contribution in [0.3, 0.4) is 0 Å². The number of amides is 2. The molecule has 0 atom stereocenters. The lowest BCUT2D eigenvalue weighted by Crippen LogP contribution is -2.36. The Morgan fingerprint density at radius 1 is 1.04 bits per heavy atom. The minimum absolute atomic E-state index is 0.259. The van der Waals surface area contributed by atoms with Gasteiger partial charge in [-0.1, -0.05) is 12.1 Å². The van der Waals surface area contributed by atoms with Gasteiger partial charge < -0.3 is 18.9 Å². The normalized spacial score (nSPS) is 10.1. The Kier molecular flexibility index (Phi) is 8.11. The summed E-state index contributed by atoms with van der Waals surface area (Å²) in [6, 6.07) is 13.6. The SMILES string of the molecule is CCOC(=O)Nc1cccc(OC(=O)N(CCOC)c2cccc(OC)c2)c1. The average Bonchev–Trinajstić information content (AvgIpc) is 2.69. The maximum atomic E-state index is 12.7. The Morgan fingerprint density at radius 2 is 1.79 bits per heavy atom. The summed E-state index contributed by atoms with van der Waals surface area (Å²) < 4.78 is 20.6. The van der Waals surface area contributed by atoms with Gasteiger partial charge >= 0.3 is 12.2 Å². The number of nitrogens with one attached hydrogen (secondary N) is 1. The van der Waals surface area contributed by atoms with Crippen LogP contribution in [0, 0.1) is 0 Å². The van der Waals surface area contributed by atoms with Gasteiger partial charge in [-0.25, -0.2) is 9.59 Å². The van der Waals surface area contributed by atoms with Crippen molar-refractivity contribution in [1.82, 2.24) is 0 Å². The topological polar surface area (TPSA) is 86.3 Å². The van der Waals surface area contributed by atoms with E-state index >= 15 is 0 Å². The van der Waals surface area contributed by atoms with Gasteiger partial charge in [0.2, 0.25) is 0 Å². The molecule has 0 aliphatic heterocycles. The molecule has 0 saturated heterocycles. The molecule has 150 valence electrons. The number of anilines is 2. The molecule has 8 nitrogen and oxygen atoms in total. The van der Waals surface area contributed by atoms with Crippen molar-refractivity contribution in [2.45, 2.75) is 6.92 Å². The van der Waals surface area contributed by atoms with Gasteiger partial charge in [0.1, 0.15) is 11.5 Å². The molecule has 0 spiro atoms. The van der Waals surface area contributed by atoms with Crippen LogP contribution >= 0.6 is 0 Å². The summed E-state index contributed by atoms with van der Waals surface area (Å²) in [5.74, 6) is 0.901. The second-order valence-corrected chi connectivity index (χ2v) is 5.59. The van der Waals surface area contributed by atoms with Crippen molar-refractivity contribution in [2.75, 3.05) is 44.2 Å². The van der Waals surface area contributed by atoms with Crippen LogP contribution in [-0.2, 0) is 9.47 Å². The molecule has 2 aromatic rings. The number of carbonyl (C=O) groups excluding carboxylic acids is 2. The van der Waals surface area contributed by atoms with E-state index in [1.54, 1.807) is 63.6 Å². The maximum Gasteiger partial charge on any atom is 0.419 e. The minimum atomic E-state index is -0.585. The number of hydrogen-bond acceptors (Lipinski definition) is 6. The number of nitrogens with zero attached hydrogens (tertiary/aromatic N) is 1. The van der Waals surface area contributed by atoms with Crippen molar-refractivity contribution in [3.05, 3.63) is 48.5 Å². The fourth-order valence-corrected chi connectivity index (χ4v) is 2.37. The van der Waals surface area contributed by atoms with E-state index in [1.165, 1.54) is 11.0 Å². The number of benzene rings is 2. The van der Waals surface area contributed by atoms with Crippen molar-refractivity contribution < 1.29 is 28.5 Å². The molecular formula is C20H24N2O6. The maximum absolute atomic E-state index is 12.7. The van der Waals surface area contributed by atoms with Gasteiger partial charge in [-0.3, -0.25) is 10.2 Å². The molecule has 28 heavy (non-hydrogen) atoms. The molecule has 0 fully saturated rings. The number of hydrogen-bond donors (Lipinski definition) is 1. The highest BCUT2D eigenvalue weighted by Crippen LogP contribution is 2.23. The van der Waals surface area contributed by atoms with Gasteiger partial charge in [0.15, 0.2) is 0 Å². The average molecular weight is 388 g/mol. The van der Waals surface area contributed by atoms with Crippen molar-refractivity contribution >= 4 is 23.6 Å². The van der Waals surface area contributed by atoms with Crippen molar-refractivity contribution in [3.63, 3.8) is 0 Å². The molecule has 0 bridgehead atoms. The number of methoxy groups -OCH3 is 2. The molecule has 2 rings (SSSR count). The van der Waals surface area contributed by atoms with Gasteiger partial charge in [-0.15, -0.1) is 0 Å². The number of carbonyl (C=O) groups is 2. The summed E-state index contributed by atoms with van der Waals surface area (Å²) in [7, 11) is 3.11. The van der Waals surface area contributed by atoms with Crippen LogP contribution in [0.2, 0.25) is 0 Å². The molecule has 0 unspecified atom stereocenters. The summed E-state index contributed by atoms with van der Waals surface area (Å²) in [5.41, 5.74) is 1.07. The third-order valence-corrected chi connectivity index (χ3v) is 3.67. The standard InChI is InChI=1S/C20H24N2O6/c1-4-27-19(23)21-15-7-5-10-18(13-15)28-20(24)22(11-12-25-2)16-8-6-9-17(14-16)26-3/h5-10,13-14H,4,11-12H2,1-3H3,(H,21,23). The number of rotatable bonds is 8. The summed E-state index contributed by atoms with van der Waals surface area (Å²) in [6.07, 6.45) is -1.16. The molecule has 1 N–H and O–H groups in total. The first-order valence-electron chi connectivity index (χ1n) is 8.73. The van der Waals surface area contributed by atoms with Crippen molar-refractivity contribution in [1.29, 1.82) is 0 Å². The smallest absolute Gasteiger partial charge is 0.419 e. The molecule has 0 aliphatic rings. The van der Waals surface area contributed by atoms with Crippen LogP contribution in [0.1, 0.15) is 6.92 Å². The molecule has 8 heteroatoms. The summed E-state index contributed by atoms with van der Waals surface area (Å²) in [6.45, 7) is 2.60. The van der Waals surface area contributed by atoms with Crippen LogP contribution < -0.4 is 19.7 Å². The van der Waals surface area contributed by atoms with Crippen LogP contribution in [0.5, 0.6) is 11.5 Å². The van der Waals surface area contributed by atoms with E-state index in [4.69, 9.17) is 18.9 Å². The Bertz CT molecular complexity index is 796. The first-order valence-corrected chi connectivity index (χ1v) is 8.73. The van der Waals surface area contributed by atoms with E-state index in [-0.39, 0.29) is 12.4 Å². The molecule has 2 aromatic carbocycles. The van der Waals surface area contributed by atoms with Gasteiger partial charge in [0.05, 0.1) is 32.6 Å². The first kappa shape index (κ1) is 21.0. The fourth-order valence-electron chi connectivity index (χ4n) is 2.37. The Morgan fingerprint density at radius 3 is 2.50 bits per heavy atom. The van der Waals surface area contributed by atoms with Gasteiger partial charge in [-0.2, -0.15) is 0 Å². The van der Waals surface area contributed by atoms with Crippen LogP contribution in [0.15, 0.2) is 48.5 Å². The van der Waals surface area contributed by atoms with Crippen molar-refractivity contribution in [3.8, 4) is 11.5 Å². The summed E-state index contributed by atoms with van der Waals surface area (Å²) >= 11 is 0. The lowest BCUT2D eigenvalue weighted by atomic mass is 10.2. The summed E-state index contributed by atoms with van der Waals surface area (Å²) in [4.78, 5) is 25.7. The highest BCUT2D eigenvalue weighted by atomic mass is 16.6. The second kappa shape index (κ2) is 10.8. The van der Waals surface area contributed by atoms with E-state index in [0.29, 0.717) is 30.3 Å². The van der Waals surface area contributed by atoms with Crippen LogP contribution in [0.4, 0.5) is 21.0 Å². The highest BCUT2D eigenvalue weighted by molar-refractivity contribution is 5.90. The molecule has 0 radical (unpaired) electrons. The third-order valence-electron chi connectivity index (χ3n) is 3.67. The largest absolute Gasteiger partial charge is 0.497 e. The molecule has 0 saturated carbocycles. The Hall–Kier alpha value is -3.26. The van der Waals surface area contributed by atoms with E-state index in [2.05, 4.69) is 5.32 Å². The molecule has 0 aromatic heterocycles. The minimum Gasteiger partial charge on any atom is -0.497 e. The van der Waals surface area contributed by atoms with Crippen LogP contribution in [0.25, 0.3) is 0 Å². The molecule has 2 amide bonds. The summed E-state index contributed by atoms with van der Waals surface area (Å²) in [5, 5.41) is 2.56. The fraction of sp³-hybridized carbons (Fsp3) is 0.300. The molecule has 0 aliphatic carbocycles. The second-order valence-electron chi connectivity index (χ2n) is 5.59. The highest BCUT2D eigenvalue weighted by Gasteiger charge is 2.19. The van der Waals surface area contributed by atoms with Gasteiger partial charge in [0, 0.05) is 24.9 Å². The predicted octanol–water partition coefficient (Wildman–Crippen LogP) is 3.92. The predicted molar refractivity (Wildman–Crippen MR) is 105 cm³/mol. The van der Waals surface area contributed by atoms with E-state index < -0.39 is 12.2 Å². The zero-order valence-electron chi connectivity index (χ0n) is 16.1. The van der Waals surface area contributed by atoms with Crippen molar-refractivity contribution in [2.24, 2.45) is 0 Å². The van der Waals surface area contributed by atoms with Gasteiger partial charge in [0.25, 0.3) is 0 Å². The zero-order valence-corrected chi connectivity index (χ0v) is 16.1. The molecular weight excluding hydrogens is 364 g/mol. The zero-order chi connectivity index (χ0) is 20.4. The lowest BCUT2D eigenvalue weighted by molar-refractivity contribution is 0.168. The number of ether oxygens (including phenoxy) is 4. The quantitative estimate of drug-likeness (QED) is 0.738. The van der Waals surface area contributed by atoms with E-state index in [0.717, 1.165) is 0 Å². The van der Waals surface area contributed by atoms with Gasteiger partial charge in [-0.05, 0) is 31.2 Å². The Balaban J connectivity index is 2.15. The monoisotopic (exact) mass is 388 g/mol. The third kappa shape index (κ3) is 6.17. The first-order chi connectivity index (χ1) is 13.6. The Labute approximate surface area is 163 Å². The molecule has 0 heterocycles. The van der Waals surface area contributed by atoms with E-state index in [9.17, 15) is 9.59 Å².